The van der Waals surface area contributed by atoms with Crippen molar-refractivity contribution in [2.45, 2.75) is 6.42 Å². The second-order valence-electron chi connectivity index (χ2n) is 3.03. The van der Waals surface area contributed by atoms with E-state index in [0.717, 1.165) is 5.56 Å². The van der Waals surface area contributed by atoms with Crippen molar-refractivity contribution < 1.29 is 9.90 Å². The minimum absolute atomic E-state index is 0.151. The molecule has 1 rings (SSSR count). The van der Waals surface area contributed by atoms with Crippen LogP contribution >= 0.6 is 0 Å². The molecule has 0 saturated carbocycles. The predicted molar refractivity (Wildman–Crippen MR) is 60.4 cm³/mol. The highest BCUT2D eigenvalue weighted by Crippen LogP contribution is 2.10. The summed E-state index contributed by atoms with van der Waals surface area (Å²) in [6.07, 6.45) is 4.43. The maximum Gasteiger partial charge on any atom is 0.316 e. The van der Waals surface area contributed by atoms with Gasteiger partial charge in [0, 0.05) is 12.3 Å². The number of benzene rings is 1. The quantitative estimate of drug-likeness (QED) is 0.699. The first-order valence-corrected chi connectivity index (χ1v) is 4.66. The molecule has 4 nitrogen and oxygen atoms in total. The molecule has 0 spiro atoms. The average molecular weight is 206 g/mol. The van der Waals surface area contributed by atoms with Crippen LogP contribution in [0.5, 0.6) is 0 Å². The molecule has 0 heterocycles. The van der Waals surface area contributed by atoms with Crippen molar-refractivity contribution in [3.63, 3.8) is 0 Å². The molecule has 0 saturated heterocycles. The smallest absolute Gasteiger partial charge is 0.316 e. The van der Waals surface area contributed by atoms with Gasteiger partial charge >= 0.3 is 6.03 Å². The number of nitrogens with two attached hydrogens (primary N) is 1. The number of carbonyl (C=O) groups excluding carboxylic acids is 1. The van der Waals surface area contributed by atoms with E-state index in [2.05, 4.69) is 5.32 Å². The fraction of sp³-hybridized carbons (Fsp3) is 0.182. The van der Waals surface area contributed by atoms with Crippen LogP contribution in [0, 0.1) is 0 Å². The number of anilines is 1. The SMILES string of the molecule is NC(=O)Nc1ccc(C=CCCO)cc1. The molecular weight excluding hydrogens is 192 g/mol. The summed E-state index contributed by atoms with van der Waals surface area (Å²) < 4.78 is 0. The van der Waals surface area contributed by atoms with Gasteiger partial charge in [-0.3, -0.25) is 0 Å². The van der Waals surface area contributed by atoms with E-state index in [1.165, 1.54) is 0 Å². The summed E-state index contributed by atoms with van der Waals surface area (Å²) in [5, 5.41) is 11.0. The lowest BCUT2D eigenvalue weighted by atomic mass is 10.2. The number of hydrogen-bond donors (Lipinski definition) is 3. The number of carbonyl (C=O) groups is 1. The van der Waals surface area contributed by atoms with Gasteiger partial charge in [0.2, 0.25) is 0 Å². The van der Waals surface area contributed by atoms with Crippen LogP contribution in [0.4, 0.5) is 10.5 Å². The standard InChI is InChI=1S/C11H14N2O2/c12-11(15)13-10-6-4-9(5-7-10)3-1-2-8-14/h1,3-7,14H,2,8H2,(H3,12,13,15). The number of primary amides is 1. The lowest BCUT2D eigenvalue weighted by molar-refractivity contribution is 0.259. The van der Waals surface area contributed by atoms with E-state index >= 15 is 0 Å². The molecule has 0 bridgehead atoms. The van der Waals surface area contributed by atoms with Crippen LogP contribution in [0.3, 0.4) is 0 Å². The first kappa shape index (κ1) is 11.3. The molecule has 1 aromatic carbocycles. The largest absolute Gasteiger partial charge is 0.396 e. The van der Waals surface area contributed by atoms with Gasteiger partial charge in [-0.25, -0.2) is 4.79 Å². The maximum absolute atomic E-state index is 10.5. The van der Waals surface area contributed by atoms with E-state index in [9.17, 15) is 4.79 Å². The third kappa shape index (κ3) is 4.28. The molecule has 0 fully saturated rings. The number of nitrogens with one attached hydrogen (secondary N) is 1. The topological polar surface area (TPSA) is 75.4 Å². The fourth-order valence-electron chi connectivity index (χ4n) is 1.11. The lowest BCUT2D eigenvalue weighted by Gasteiger charge is -2.01. The van der Waals surface area contributed by atoms with Crippen LogP contribution in [-0.4, -0.2) is 17.7 Å². The van der Waals surface area contributed by atoms with Crippen LogP contribution in [0.1, 0.15) is 12.0 Å². The Morgan fingerprint density at radius 3 is 2.60 bits per heavy atom. The summed E-state index contributed by atoms with van der Waals surface area (Å²) in [4.78, 5) is 10.5. The van der Waals surface area contributed by atoms with Gasteiger partial charge in [-0.2, -0.15) is 0 Å². The van der Waals surface area contributed by atoms with Crippen LogP contribution in [0.15, 0.2) is 30.3 Å². The Balaban J connectivity index is 2.60. The van der Waals surface area contributed by atoms with Gasteiger partial charge in [-0.05, 0) is 24.1 Å². The average Bonchev–Trinajstić information content (AvgIpc) is 2.20. The molecule has 1 aromatic rings. The first-order valence-electron chi connectivity index (χ1n) is 4.66. The van der Waals surface area contributed by atoms with Crippen molar-refractivity contribution in [2.24, 2.45) is 5.73 Å². The molecule has 4 N–H and O–H groups in total. The normalized spacial score (nSPS) is 10.5. The molecule has 0 unspecified atom stereocenters. The van der Waals surface area contributed by atoms with Gasteiger partial charge < -0.3 is 16.2 Å². The van der Waals surface area contributed by atoms with Crippen molar-refractivity contribution in [1.82, 2.24) is 0 Å². The number of amides is 2. The van der Waals surface area contributed by atoms with Crippen molar-refractivity contribution >= 4 is 17.8 Å². The number of aliphatic hydroxyl groups is 1. The molecule has 80 valence electrons. The first-order chi connectivity index (χ1) is 7.22. The number of aliphatic hydroxyl groups excluding tert-OH is 1. The zero-order valence-electron chi connectivity index (χ0n) is 8.31. The van der Waals surface area contributed by atoms with Gasteiger partial charge in [0.25, 0.3) is 0 Å². The Bertz CT molecular complexity index is 344. The highest BCUT2D eigenvalue weighted by molar-refractivity contribution is 5.87. The minimum atomic E-state index is -0.571. The number of hydrogen-bond acceptors (Lipinski definition) is 2. The molecule has 0 aliphatic carbocycles. The minimum Gasteiger partial charge on any atom is -0.396 e. The van der Waals surface area contributed by atoms with Gasteiger partial charge in [-0.15, -0.1) is 0 Å². The Hall–Kier alpha value is -1.81. The van der Waals surface area contributed by atoms with Crippen molar-refractivity contribution in [3.8, 4) is 0 Å². The van der Waals surface area contributed by atoms with Crippen LogP contribution in [0.2, 0.25) is 0 Å². The van der Waals surface area contributed by atoms with Crippen LogP contribution < -0.4 is 11.1 Å². The molecule has 0 aliphatic heterocycles. The van der Waals surface area contributed by atoms with E-state index in [4.69, 9.17) is 10.8 Å². The lowest BCUT2D eigenvalue weighted by Crippen LogP contribution is -2.19. The summed E-state index contributed by atoms with van der Waals surface area (Å²) in [6.45, 7) is 0.151. The van der Waals surface area contributed by atoms with Gasteiger partial charge in [0.05, 0.1) is 0 Å². The highest BCUT2D eigenvalue weighted by atomic mass is 16.2. The Morgan fingerprint density at radius 1 is 1.40 bits per heavy atom. The third-order valence-corrected chi connectivity index (χ3v) is 1.78. The number of rotatable bonds is 4. The van der Waals surface area contributed by atoms with Gasteiger partial charge in [-0.1, -0.05) is 24.3 Å². The summed E-state index contributed by atoms with van der Waals surface area (Å²) >= 11 is 0. The van der Waals surface area contributed by atoms with Crippen molar-refractivity contribution in [1.29, 1.82) is 0 Å². The van der Waals surface area contributed by atoms with E-state index in [1.807, 2.05) is 24.3 Å². The summed E-state index contributed by atoms with van der Waals surface area (Å²) in [6, 6.07) is 6.68. The highest BCUT2D eigenvalue weighted by Gasteiger charge is 1.94. The van der Waals surface area contributed by atoms with Crippen molar-refractivity contribution in [3.05, 3.63) is 35.9 Å². The monoisotopic (exact) mass is 206 g/mol. The van der Waals surface area contributed by atoms with E-state index in [1.54, 1.807) is 12.1 Å². The molecule has 0 aliphatic rings. The second kappa shape index (κ2) is 5.82. The Morgan fingerprint density at radius 2 is 2.07 bits per heavy atom. The third-order valence-electron chi connectivity index (χ3n) is 1.78. The summed E-state index contributed by atoms with van der Waals surface area (Å²) in [5.74, 6) is 0. The Kier molecular flexibility index (Phi) is 4.37. The maximum atomic E-state index is 10.5. The van der Waals surface area contributed by atoms with E-state index in [-0.39, 0.29) is 6.61 Å². The van der Waals surface area contributed by atoms with E-state index in [0.29, 0.717) is 12.1 Å². The summed E-state index contributed by atoms with van der Waals surface area (Å²) in [5.41, 5.74) is 6.65. The van der Waals surface area contributed by atoms with E-state index < -0.39 is 6.03 Å². The molecule has 0 radical (unpaired) electrons. The molecular formula is C11H14N2O2. The molecule has 0 aromatic heterocycles. The molecule has 15 heavy (non-hydrogen) atoms. The zero-order valence-corrected chi connectivity index (χ0v) is 8.31. The molecule has 2 amide bonds. The van der Waals surface area contributed by atoms with Crippen LogP contribution in [0.25, 0.3) is 6.08 Å². The fourth-order valence-corrected chi connectivity index (χ4v) is 1.11. The molecule has 0 atom stereocenters. The Labute approximate surface area is 88.4 Å². The van der Waals surface area contributed by atoms with Gasteiger partial charge in [0.1, 0.15) is 0 Å². The number of urea groups is 1. The predicted octanol–water partition coefficient (Wildman–Crippen LogP) is 1.57. The zero-order chi connectivity index (χ0) is 11.1. The summed E-state index contributed by atoms with van der Waals surface area (Å²) in [7, 11) is 0. The second-order valence-corrected chi connectivity index (χ2v) is 3.03. The molecule has 4 heteroatoms. The van der Waals surface area contributed by atoms with Crippen molar-refractivity contribution in [2.75, 3.05) is 11.9 Å². The van der Waals surface area contributed by atoms with Gasteiger partial charge in [0.15, 0.2) is 0 Å². The van der Waals surface area contributed by atoms with Crippen LogP contribution in [-0.2, 0) is 0 Å².